The fraction of sp³-hybridized carbons (Fsp3) is 0.0769. The Morgan fingerprint density at radius 2 is 1.46 bits per heavy atom. The number of urea groups is 1. The van der Waals surface area contributed by atoms with Crippen molar-refractivity contribution in [2.24, 2.45) is 0 Å². The van der Waals surface area contributed by atoms with Crippen LogP contribution < -0.4 is 16.0 Å². The number of nitrogens with zero attached hydrogens (tertiary/aromatic N) is 2. The van der Waals surface area contributed by atoms with Crippen LogP contribution in [0.3, 0.4) is 0 Å². The zero-order chi connectivity index (χ0) is 24.4. The van der Waals surface area contributed by atoms with E-state index in [2.05, 4.69) is 40.0 Å². The minimum Gasteiger partial charge on any atom is -0.321 e. The third-order valence-corrected chi connectivity index (χ3v) is 7.03. The van der Waals surface area contributed by atoms with Crippen LogP contribution >= 0.6 is 22.7 Å². The van der Waals surface area contributed by atoms with E-state index in [0.29, 0.717) is 16.5 Å². The van der Waals surface area contributed by atoms with Crippen molar-refractivity contribution < 1.29 is 9.59 Å². The molecule has 0 fully saturated rings. The summed E-state index contributed by atoms with van der Waals surface area (Å²) in [6, 6.07) is 20.8. The number of anilines is 3. The molecule has 0 bridgehead atoms. The van der Waals surface area contributed by atoms with E-state index in [9.17, 15) is 9.59 Å². The summed E-state index contributed by atoms with van der Waals surface area (Å²) in [4.78, 5) is 33.8. The number of hydrogen-bond donors (Lipinski definition) is 3. The lowest BCUT2D eigenvalue weighted by Crippen LogP contribution is -2.19. The number of fused-ring (bicyclic) bond motifs is 1. The summed E-state index contributed by atoms with van der Waals surface area (Å²) in [5.74, 6) is -0.351. The van der Waals surface area contributed by atoms with Gasteiger partial charge in [-0.15, -0.1) is 22.7 Å². The number of benzene rings is 3. The van der Waals surface area contributed by atoms with Crippen LogP contribution in [0.4, 0.5) is 21.3 Å². The number of aryl methyl sites for hydroxylation is 2. The number of aromatic nitrogens is 2. The van der Waals surface area contributed by atoms with Gasteiger partial charge >= 0.3 is 6.03 Å². The van der Waals surface area contributed by atoms with Gasteiger partial charge in [0.1, 0.15) is 10.7 Å². The highest BCUT2D eigenvalue weighted by molar-refractivity contribution is 7.21. The lowest BCUT2D eigenvalue weighted by molar-refractivity contribution is 0.102. The number of thiazole rings is 2. The zero-order valence-electron chi connectivity index (χ0n) is 19.0. The fourth-order valence-electron chi connectivity index (χ4n) is 3.38. The largest absolute Gasteiger partial charge is 0.325 e. The summed E-state index contributed by atoms with van der Waals surface area (Å²) >= 11 is 2.82. The number of nitrogens with one attached hydrogen (secondary N) is 3. The molecule has 0 atom stereocenters. The molecule has 0 unspecified atom stereocenters. The molecule has 0 aliphatic heterocycles. The number of amides is 3. The van der Waals surface area contributed by atoms with Gasteiger partial charge in [-0.2, -0.15) is 0 Å². The molecule has 7 nitrogen and oxygen atoms in total. The highest BCUT2D eigenvalue weighted by Gasteiger charge is 2.14. The topological polar surface area (TPSA) is 96.0 Å². The van der Waals surface area contributed by atoms with E-state index in [1.54, 1.807) is 16.7 Å². The molecule has 0 aliphatic carbocycles. The van der Waals surface area contributed by atoms with E-state index in [1.165, 1.54) is 16.9 Å². The normalized spacial score (nSPS) is 10.8. The van der Waals surface area contributed by atoms with Gasteiger partial charge in [-0.25, -0.2) is 14.8 Å². The molecule has 174 valence electrons. The summed E-state index contributed by atoms with van der Waals surface area (Å²) in [5, 5.41) is 11.1. The average molecular weight is 500 g/mol. The van der Waals surface area contributed by atoms with Gasteiger partial charge in [0.15, 0.2) is 5.13 Å². The lowest BCUT2D eigenvalue weighted by atomic mass is 10.2. The quantitative estimate of drug-likeness (QED) is 0.244. The van der Waals surface area contributed by atoms with Crippen molar-refractivity contribution in [2.45, 2.75) is 13.8 Å². The van der Waals surface area contributed by atoms with Crippen LogP contribution in [0.2, 0.25) is 0 Å². The predicted molar refractivity (Wildman–Crippen MR) is 144 cm³/mol. The second-order valence-corrected chi connectivity index (χ2v) is 9.89. The van der Waals surface area contributed by atoms with Crippen molar-refractivity contribution in [1.82, 2.24) is 9.97 Å². The van der Waals surface area contributed by atoms with E-state index in [4.69, 9.17) is 4.98 Å². The SMILES string of the molecule is Cc1ccc(NC(=O)Nc2nc(C(=O)Nc3ccc(-c4nc5ccc(C)cc5s4)cc3)cs2)cc1. The maximum atomic E-state index is 12.6. The first-order valence-corrected chi connectivity index (χ1v) is 12.5. The Morgan fingerprint density at radius 3 is 2.23 bits per heavy atom. The lowest BCUT2D eigenvalue weighted by Gasteiger charge is -2.06. The highest BCUT2D eigenvalue weighted by Crippen LogP contribution is 2.31. The van der Waals surface area contributed by atoms with Crippen LogP contribution in [-0.2, 0) is 0 Å². The van der Waals surface area contributed by atoms with Crippen molar-refractivity contribution in [3.05, 3.63) is 88.9 Å². The smallest absolute Gasteiger partial charge is 0.321 e. The molecule has 0 spiro atoms. The van der Waals surface area contributed by atoms with E-state index in [1.807, 2.05) is 61.5 Å². The van der Waals surface area contributed by atoms with Gasteiger partial charge in [-0.3, -0.25) is 10.1 Å². The molecule has 3 amide bonds. The molecule has 0 aliphatic rings. The first-order valence-electron chi connectivity index (χ1n) is 10.8. The van der Waals surface area contributed by atoms with Crippen LogP contribution in [0.15, 0.2) is 72.1 Å². The first kappa shape index (κ1) is 22.7. The summed E-state index contributed by atoms with van der Waals surface area (Å²) in [6.45, 7) is 4.04. The highest BCUT2D eigenvalue weighted by atomic mass is 32.1. The van der Waals surface area contributed by atoms with E-state index in [0.717, 1.165) is 26.4 Å². The van der Waals surface area contributed by atoms with Gasteiger partial charge in [0.25, 0.3) is 5.91 Å². The van der Waals surface area contributed by atoms with Crippen LogP contribution in [0, 0.1) is 13.8 Å². The summed E-state index contributed by atoms with van der Waals surface area (Å²) in [6.07, 6.45) is 0. The van der Waals surface area contributed by atoms with Crippen molar-refractivity contribution in [2.75, 3.05) is 16.0 Å². The molecule has 2 aromatic heterocycles. The molecule has 0 saturated carbocycles. The molecule has 3 N–H and O–H groups in total. The second-order valence-electron chi connectivity index (χ2n) is 8.00. The molecule has 5 aromatic rings. The minimum atomic E-state index is -0.421. The van der Waals surface area contributed by atoms with Crippen molar-refractivity contribution in [3.63, 3.8) is 0 Å². The standard InChI is InChI=1S/C26H21N5O2S2/c1-15-3-8-19(9-4-15)28-25(33)31-26-30-21(14-34-26)23(32)27-18-10-6-17(7-11-18)24-29-20-12-5-16(2)13-22(20)35-24/h3-14H,1-2H3,(H,27,32)(H2,28,30,31,33). The third-order valence-electron chi connectivity index (χ3n) is 5.20. The number of carbonyl (C=O) groups is 2. The molecule has 9 heteroatoms. The van der Waals surface area contributed by atoms with Crippen molar-refractivity contribution in [1.29, 1.82) is 0 Å². The van der Waals surface area contributed by atoms with Crippen LogP contribution in [0.5, 0.6) is 0 Å². The van der Waals surface area contributed by atoms with Gasteiger partial charge < -0.3 is 10.6 Å². The van der Waals surface area contributed by atoms with E-state index >= 15 is 0 Å². The van der Waals surface area contributed by atoms with Crippen LogP contribution in [-0.4, -0.2) is 21.9 Å². The molecule has 5 rings (SSSR count). The molecule has 3 aromatic carbocycles. The Bertz CT molecular complexity index is 1520. The van der Waals surface area contributed by atoms with Gasteiger partial charge in [-0.05, 0) is 67.9 Å². The average Bonchev–Trinajstić information content (AvgIpc) is 3.48. The van der Waals surface area contributed by atoms with Gasteiger partial charge in [-0.1, -0.05) is 23.8 Å². The van der Waals surface area contributed by atoms with E-state index < -0.39 is 6.03 Å². The van der Waals surface area contributed by atoms with Crippen LogP contribution in [0.1, 0.15) is 21.6 Å². The Balaban J connectivity index is 1.20. The molecular formula is C26H21N5O2S2. The maximum Gasteiger partial charge on any atom is 0.325 e. The summed E-state index contributed by atoms with van der Waals surface area (Å²) in [5.41, 5.74) is 5.83. The molecule has 2 heterocycles. The van der Waals surface area contributed by atoms with Crippen molar-refractivity contribution in [3.8, 4) is 10.6 Å². The van der Waals surface area contributed by atoms with Gasteiger partial charge in [0.05, 0.1) is 10.2 Å². The molecular weight excluding hydrogens is 478 g/mol. The third kappa shape index (κ3) is 5.37. The maximum absolute atomic E-state index is 12.6. The molecule has 0 radical (unpaired) electrons. The Hall–Kier alpha value is -4.08. The number of hydrogen-bond acceptors (Lipinski definition) is 6. The fourth-order valence-corrected chi connectivity index (χ4v) is 5.13. The Kier molecular flexibility index (Phi) is 6.26. The Morgan fingerprint density at radius 1 is 0.771 bits per heavy atom. The summed E-state index contributed by atoms with van der Waals surface area (Å²) < 4.78 is 1.15. The molecule has 0 saturated heterocycles. The Labute approximate surface area is 209 Å². The minimum absolute atomic E-state index is 0.228. The number of rotatable bonds is 5. The molecule has 35 heavy (non-hydrogen) atoms. The zero-order valence-corrected chi connectivity index (χ0v) is 20.6. The number of carbonyl (C=O) groups excluding carboxylic acids is 2. The first-order chi connectivity index (χ1) is 16.9. The van der Waals surface area contributed by atoms with Gasteiger partial charge in [0, 0.05) is 22.3 Å². The van der Waals surface area contributed by atoms with E-state index in [-0.39, 0.29) is 11.6 Å². The van der Waals surface area contributed by atoms with Crippen LogP contribution in [0.25, 0.3) is 20.8 Å². The van der Waals surface area contributed by atoms with Crippen molar-refractivity contribution >= 4 is 61.3 Å². The predicted octanol–water partition coefficient (Wildman–Crippen LogP) is 6.93. The van der Waals surface area contributed by atoms with Gasteiger partial charge in [0.2, 0.25) is 0 Å². The second kappa shape index (κ2) is 9.65. The monoisotopic (exact) mass is 499 g/mol. The summed E-state index contributed by atoms with van der Waals surface area (Å²) in [7, 11) is 0.